The van der Waals surface area contributed by atoms with Crippen molar-refractivity contribution in [3.8, 4) is 22.6 Å². The lowest BCUT2D eigenvalue weighted by Crippen LogP contribution is -2.33. The maximum absolute atomic E-state index is 10.7. The quantitative estimate of drug-likeness (QED) is 0.666. The van der Waals surface area contributed by atoms with E-state index in [1.54, 1.807) is 6.20 Å². The maximum Gasteiger partial charge on any atom is 0.404 e. The van der Waals surface area contributed by atoms with Crippen molar-refractivity contribution in [2.24, 2.45) is 5.92 Å². The smallest absolute Gasteiger partial charge is 0.404 e. The fourth-order valence-corrected chi connectivity index (χ4v) is 3.81. The van der Waals surface area contributed by atoms with Gasteiger partial charge in [0.15, 0.2) is 0 Å². The summed E-state index contributed by atoms with van der Waals surface area (Å²) in [5.41, 5.74) is 3.20. The number of benzene rings is 1. The maximum atomic E-state index is 10.7. The highest BCUT2D eigenvalue weighted by Crippen LogP contribution is 2.46. The molecule has 2 aromatic rings. The van der Waals surface area contributed by atoms with Crippen molar-refractivity contribution in [3.63, 3.8) is 0 Å². The second-order valence-electron chi connectivity index (χ2n) is 7.00. The zero-order valence-electron chi connectivity index (χ0n) is 15.5. The van der Waals surface area contributed by atoms with Crippen LogP contribution in [0.1, 0.15) is 38.9 Å². The van der Waals surface area contributed by atoms with Crippen LogP contribution in [0, 0.1) is 5.92 Å². The molecule has 2 unspecified atom stereocenters. The lowest BCUT2D eigenvalue weighted by Gasteiger charge is -2.27. The molecule has 6 nitrogen and oxygen atoms in total. The minimum atomic E-state index is -1.00. The average molecular weight is 435 g/mol. The highest BCUT2D eigenvalue weighted by Gasteiger charge is 2.25. The number of nitrogens with one attached hydrogen (secondary N) is 1. The van der Waals surface area contributed by atoms with E-state index in [1.165, 1.54) is 0 Å². The van der Waals surface area contributed by atoms with E-state index in [0.717, 1.165) is 26.9 Å². The Morgan fingerprint density at radius 3 is 2.93 bits per heavy atom. The molecule has 1 aliphatic heterocycles. The summed E-state index contributed by atoms with van der Waals surface area (Å²) in [5.74, 6) is 1.69. The summed E-state index contributed by atoms with van der Waals surface area (Å²) in [7, 11) is 0. The zero-order chi connectivity index (χ0) is 19.6. The normalized spacial score (nSPS) is 17.1. The molecule has 0 fully saturated rings. The molecule has 0 spiro atoms. The van der Waals surface area contributed by atoms with Crippen LogP contribution in [-0.2, 0) is 0 Å². The zero-order valence-corrected chi connectivity index (χ0v) is 17.1. The molecule has 2 heterocycles. The first-order valence-electron chi connectivity index (χ1n) is 8.92. The SMILES string of the molecule is CC(COc1cc2c(cc1Br)-c1ccncc1C(C)O2)C[C@H](C)NC(=O)O. The number of carbonyl (C=O) groups is 1. The Labute approximate surface area is 167 Å². The predicted molar refractivity (Wildman–Crippen MR) is 106 cm³/mol. The summed E-state index contributed by atoms with van der Waals surface area (Å²) in [6.07, 6.45) is 3.25. The molecule has 1 aromatic carbocycles. The van der Waals surface area contributed by atoms with Crippen molar-refractivity contribution in [1.82, 2.24) is 10.3 Å². The first kappa shape index (κ1) is 19.5. The topological polar surface area (TPSA) is 80.7 Å². The molecule has 0 bridgehead atoms. The minimum Gasteiger partial charge on any atom is -0.492 e. The van der Waals surface area contributed by atoms with Crippen molar-refractivity contribution >= 4 is 22.0 Å². The van der Waals surface area contributed by atoms with Crippen molar-refractivity contribution in [2.75, 3.05) is 6.61 Å². The number of amides is 1. The van der Waals surface area contributed by atoms with E-state index in [1.807, 2.05) is 45.2 Å². The van der Waals surface area contributed by atoms with Gasteiger partial charge in [-0.25, -0.2) is 4.79 Å². The van der Waals surface area contributed by atoms with Crippen molar-refractivity contribution in [3.05, 3.63) is 40.6 Å². The van der Waals surface area contributed by atoms with Gasteiger partial charge in [0.25, 0.3) is 0 Å². The van der Waals surface area contributed by atoms with Crippen LogP contribution in [0.15, 0.2) is 35.1 Å². The molecule has 7 heteroatoms. The van der Waals surface area contributed by atoms with Crippen molar-refractivity contribution < 1.29 is 19.4 Å². The largest absolute Gasteiger partial charge is 0.492 e. The number of hydrogen-bond acceptors (Lipinski definition) is 4. The van der Waals surface area contributed by atoms with Gasteiger partial charge >= 0.3 is 6.09 Å². The van der Waals surface area contributed by atoms with E-state index >= 15 is 0 Å². The summed E-state index contributed by atoms with van der Waals surface area (Å²) in [6, 6.07) is 5.79. The molecule has 27 heavy (non-hydrogen) atoms. The lowest BCUT2D eigenvalue weighted by atomic mass is 9.95. The minimum absolute atomic E-state index is 0.0721. The predicted octanol–water partition coefficient (Wildman–Crippen LogP) is 5.03. The molecular weight excluding hydrogens is 412 g/mol. The van der Waals surface area contributed by atoms with Crippen LogP contribution < -0.4 is 14.8 Å². The summed E-state index contributed by atoms with van der Waals surface area (Å²) in [5, 5.41) is 11.2. The van der Waals surface area contributed by atoms with Gasteiger partial charge in [0.2, 0.25) is 0 Å². The fraction of sp³-hybridized carbons (Fsp3) is 0.400. The molecule has 0 radical (unpaired) electrons. The third-order valence-electron chi connectivity index (χ3n) is 4.57. The van der Waals surface area contributed by atoms with Crippen molar-refractivity contribution in [1.29, 1.82) is 0 Å². The molecule has 3 rings (SSSR count). The molecule has 1 amide bonds. The second kappa shape index (κ2) is 8.17. The van der Waals surface area contributed by atoms with Gasteiger partial charge in [-0.3, -0.25) is 4.98 Å². The number of halogens is 1. The van der Waals surface area contributed by atoms with Crippen LogP contribution in [0.5, 0.6) is 11.5 Å². The Kier molecular flexibility index (Phi) is 5.89. The van der Waals surface area contributed by atoms with E-state index < -0.39 is 6.09 Å². The van der Waals surface area contributed by atoms with Gasteiger partial charge < -0.3 is 19.9 Å². The summed E-state index contributed by atoms with van der Waals surface area (Å²) >= 11 is 3.59. The average Bonchev–Trinajstić information content (AvgIpc) is 2.60. The van der Waals surface area contributed by atoms with Gasteiger partial charge in [0.05, 0.1) is 11.1 Å². The molecule has 1 aliphatic rings. The Hall–Kier alpha value is -2.28. The highest BCUT2D eigenvalue weighted by molar-refractivity contribution is 9.10. The number of hydrogen-bond donors (Lipinski definition) is 2. The second-order valence-corrected chi connectivity index (χ2v) is 7.86. The molecular formula is C20H23BrN2O4. The number of rotatable bonds is 6. The number of nitrogens with zero attached hydrogens (tertiary/aromatic N) is 1. The number of carboxylic acid groups (broad SMARTS) is 1. The van der Waals surface area contributed by atoms with E-state index in [-0.39, 0.29) is 18.1 Å². The number of fused-ring (bicyclic) bond motifs is 3. The van der Waals surface area contributed by atoms with Gasteiger partial charge in [-0.05, 0) is 59.8 Å². The van der Waals surface area contributed by atoms with Crippen LogP contribution in [0.4, 0.5) is 4.79 Å². The van der Waals surface area contributed by atoms with Gasteiger partial charge in [-0.15, -0.1) is 0 Å². The van der Waals surface area contributed by atoms with Crippen LogP contribution in [0.2, 0.25) is 0 Å². The first-order chi connectivity index (χ1) is 12.8. The number of pyridine rings is 1. The summed E-state index contributed by atoms with van der Waals surface area (Å²) < 4.78 is 12.9. The molecule has 0 aliphatic carbocycles. The highest BCUT2D eigenvalue weighted by atomic mass is 79.9. The standard InChI is InChI=1S/C20H23BrN2O4/c1-11(6-12(2)23-20(24)25)10-26-19-8-18-15(7-17(19)21)14-4-5-22-9-16(14)13(3)27-18/h4-5,7-9,11-13,23H,6,10H2,1-3H3,(H,24,25)/t11?,12-,13?/m0/s1. The van der Waals surface area contributed by atoms with Crippen LogP contribution in [-0.4, -0.2) is 28.8 Å². The monoisotopic (exact) mass is 434 g/mol. The van der Waals surface area contributed by atoms with Crippen LogP contribution in [0.3, 0.4) is 0 Å². The fourth-order valence-electron chi connectivity index (χ4n) is 3.36. The third kappa shape index (κ3) is 4.53. The Morgan fingerprint density at radius 1 is 1.41 bits per heavy atom. The molecule has 0 saturated carbocycles. The van der Waals surface area contributed by atoms with Gasteiger partial charge in [-0.1, -0.05) is 6.92 Å². The van der Waals surface area contributed by atoms with Gasteiger partial charge in [0.1, 0.15) is 17.6 Å². The van der Waals surface area contributed by atoms with E-state index in [9.17, 15) is 4.79 Å². The lowest BCUT2D eigenvalue weighted by molar-refractivity contribution is 0.185. The van der Waals surface area contributed by atoms with Gasteiger partial charge in [0, 0.05) is 35.6 Å². The third-order valence-corrected chi connectivity index (χ3v) is 5.19. The summed E-state index contributed by atoms with van der Waals surface area (Å²) in [6.45, 7) is 6.37. The van der Waals surface area contributed by atoms with Crippen LogP contribution in [0.25, 0.3) is 11.1 Å². The first-order valence-corrected chi connectivity index (χ1v) is 9.71. The Bertz CT molecular complexity index is 843. The Balaban J connectivity index is 1.72. The summed E-state index contributed by atoms with van der Waals surface area (Å²) in [4.78, 5) is 14.9. The number of aromatic nitrogens is 1. The van der Waals surface area contributed by atoms with E-state index in [2.05, 4.69) is 26.2 Å². The molecule has 2 N–H and O–H groups in total. The van der Waals surface area contributed by atoms with E-state index in [4.69, 9.17) is 14.6 Å². The molecule has 1 aromatic heterocycles. The van der Waals surface area contributed by atoms with Crippen molar-refractivity contribution in [2.45, 2.75) is 39.3 Å². The van der Waals surface area contributed by atoms with Gasteiger partial charge in [-0.2, -0.15) is 0 Å². The number of ether oxygens (including phenoxy) is 2. The van der Waals surface area contributed by atoms with Crippen LogP contribution >= 0.6 is 15.9 Å². The molecule has 3 atom stereocenters. The Morgan fingerprint density at radius 2 is 2.19 bits per heavy atom. The molecule has 144 valence electrons. The molecule has 0 saturated heterocycles. The van der Waals surface area contributed by atoms with E-state index in [0.29, 0.717) is 18.8 Å².